The number of aromatic nitrogens is 5. The summed E-state index contributed by atoms with van der Waals surface area (Å²) in [4.78, 5) is 21.5. The lowest BCUT2D eigenvalue weighted by Gasteiger charge is -2.08. The number of thioether (sulfide) groups is 1. The van der Waals surface area contributed by atoms with Gasteiger partial charge in [0.05, 0.1) is 24.4 Å². The average Bonchev–Trinajstić information content (AvgIpc) is 3.52. The molecule has 0 bridgehead atoms. The molecule has 30 heavy (non-hydrogen) atoms. The van der Waals surface area contributed by atoms with Gasteiger partial charge in [-0.1, -0.05) is 23.8 Å². The van der Waals surface area contributed by atoms with E-state index in [2.05, 4.69) is 37.8 Å². The van der Waals surface area contributed by atoms with Crippen molar-refractivity contribution in [1.29, 1.82) is 0 Å². The fourth-order valence-corrected chi connectivity index (χ4v) is 3.21. The van der Waals surface area contributed by atoms with Crippen molar-refractivity contribution in [3.63, 3.8) is 0 Å². The van der Waals surface area contributed by atoms with Crippen LogP contribution in [0.5, 0.6) is 0 Å². The first-order valence-corrected chi connectivity index (χ1v) is 10.7. The Morgan fingerprint density at radius 1 is 1.27 bits per heavy atom. The van der Waals surface area contributed by atoms with Crippen LogP contribution in [0.15, 0.2) is 44.8 Å². The van der Waals surface area contributed by atoms with Crippen molar-refractivity contribution in [3.8, 4) is 11.5 Å². The van der Waals surface area contributed by atoms with Crippen LogP contribution in [0.3, 0.4) is 0 Å². The summed E-state index contributed by atoms with van der Waals surface area (Å²) in [5.74, 6) is 1.35. The van der Waals surface area contributed by atoms with E-state index < -0.39 is 0 Å². The van der Waals surface area contributed by atoms with Gasteiger partial charge in [-0.25, -0.2) is 14.6 Å². The van der Waals surface area contributed by atoms with Crippen LogP contribution in [0.1, 0.15) is 23.8 Å². The molecule has 0 aliphatic heterocycles. The predicted molar refractivity (Wildman–Crippen MR) is 112 cm³/mol. The lowest BCUT2D eigenvalue weighted by molar-refractivity contribution is 0.0943. The maximum atomic E-state index is 12.4. The Kier molecular flexibility index (Phi) is 5.98. The van der Waals surface area contributed by atoms with Gasteiger partial charge in [-0.2, -0.15) is 5.10 Å². The molecule has 11 heteroatoms. The van der Waals surface area contributed by atoms with E-state index in [9.17, 15) is 4.79 Å². The highest BCUT2D eigenvalue weighted by molar-refractivity contribution is 7.98. The molecule has 0 atom stereocenters. The van der Waals surface area contributed by atoms with Gasteiger partial charge in [-0.05, 0) is 24.8 Å². The van der Waals surface area contributed by atoms with Crippen molar-refractivity contribution in [2.45, 2.75) is 25.0 Å². The quantitative estimate of drug-likeness (QED) is 0.306. The summed E-state index contributed by atoms with van der Waals surface area (Å²) in [5, 5.41) is 15.9. The summed E-state index contributed by atoms with van der Waals surface area (Å²) in [6.07, 6.45) is 6.19. The number of nitrogens with zero attached hydrogens (tertiary/aromatic N) is 5. The molecule has 0 saturated carbocycles. The summed E-state index contributed by atoms with van der Waals surface area (Å²) < 4.78 is 12.2. The molecule has 0 aromatic carbocycles. The van der Waals surface area contributed by atoms with Crippen LogP contribution >= 0.6 is 11.8 Å². The van der Waals surface area contributed by atoms with Gasteiger partial charge in [0.15, 0.2) is 22.3 Å². The summed E-state index contributed by atoms with van der Waals surface area (Å²) in [5.41, 5.74) is 0.911. The number of hydrogen-bond donors (Lipinski definition) is 2. The van der Waals surface area contributed by atoms with E-state index in [0.717, 1.165) is 29.8 Å². The van der Waals surface area contributed by atoms with E-state index >= 15 is 0 Å². The number of amides is 1. The monoisotopic (exact) mass is 427 g/mol. The zero-order chi connectivity index (χ0) is 20.9. The van der Waals surface area contributed by atoms with Gasteiger partial charge in [0.2, 0.25) is 5.76 Å². The maximum Gasteiger partial charge on any atom is 0.273 e. The van der Waals surface area contributed by atoms with Crippen molar-refractivity contribution in [1.82, 2.24) is 30.2 Å². The van der Waals surface area contributed by atoms with E-state index in [1.54, 1.807) is 29.1 Å². The van der Waals surface area contributed by atoms with Crippen LogP contribution in [-0.2, 0) is 6.54 Å². The minimum atomic E-state index is -0.335. The molecule has 0 radical (unpaired) electrons. The molecule has 156 valence electrons. The van der Waals surface area contributed by atoms with E-state index in [4.69, 9.17) is 8.94 Å². The van der Waals surface area contributed by atoms with Crippen molar-refractivity contribution in [2.24, 2.45) is 0 Å². The topological polar surface area (TPSA) is 124 Å². The number of carbonyl (C=O) groups excluding carboxylic acids is 1. The second-order valence-corrected chi connectivity index (χ2v) is 7.17. The van der Waals surface area contributed by atoms with Crippen LogP contribution in [-0.4, -0.2) is 50.2 Å². The molecule has 4 aromatic rings. The first kappa shape index (κ1) is 20.0. The molecule has 0 unspecified atom stereocenters. The van der Waals surface area contributed by atoms with E-state index in [-0.39, 0.29) is 11.6 Å². The van der Waals surface area contributed by atoms with Gasteiger partial charge in [-0.3, -0.25) is 4.79 Å². The molecule has 4 rings (SSSR count). The highest BCUT2D eigenvalue weighted by atomic mass is 32.2. The summed E-state index contributed by atoms with van der Waals surface area (Å²) in [7, 11) is 0. The van der Waals surface area contributed by atoms with Crippen LogP contribution in [0.2, 0.25) is 0 Å². The van der Waals surface area contributed by atoms with E-state index in [1.165, 1.54) is 18.0 Å². The van der Waals surface area contributed by atoms with Crippen molar-refractivity contribution in [2.75, 3.05) is 24.7 Å². The Morgan fingerprint density at radius 3 is 2.93 bits per heavy atom. The van der Waals surface area contributed by atoms with Crippen LogP contribution in [0.25, 0.3) is 22.6 Å². The Bertz CT molecular complexity index is 1140. The Morgan fingerprint density at radius 2 is 2.17 bits per heavy atom. The zero-order valence-electron chi connectivity index (χ0n) is 16.6. The molecule has 4 heterocycles. The first-order chi connectivity index (χ1) is 14.7. The number of nitrogens with one attached hydrogen (secondary N) is 2. The number of fused-ring (bicyclic) bond motifs is 1. The molecule has 10 nitrogen and oxygen atoms in total. The molecule has 1 amide bonds. The average molecular weight is 427 g/mol. The molecule has 0 saturated heterocycles. The van der Waals surface area contributed by atoms with E-state index in [0.29, 0.717) is 29.8 Å². The van der Waals surface area contributed by atoms with Gasteiger partial charge in [0, 0.05) is 19.2 Å². The number of furan rings is 1. The normalized spacial score (nSPS) is 11.1. The fraction of sp³-hybridized carbons (Fsp3) is 0.316. The molecule has 0 fully saturated rings. The predicted octanol–water partition coefficient (Wildman–Crippen LogP) is 3.05. The Hall–Kier alpha value is -3.34. The summed E-state index contributed by atoms with van der Waals surface area (Å²) in [6.45, 7) is 3.73. The molecule has 2 N–H and O–H groups in total. The molecule has 0 spiro atoms. The standard InChI is InChI=1S/C19H21N7O3S/c1-3-6-20-16-12-11-22-26(17(12)24-19(23-16)30-2)8-7-21-18(27)13-10-15(29-25-13)14-5-4-9-28-14/h4-5,9-11H,3,6-8H2,1-2H3,(H,21,27)(H,20,23,24). The number of carbonyl (C=O) groups is 1. The van der Waals surface area contributed by atoms with Gasteiger partial charge in [0.1, 0.15) is 5.82 Å². The van der Waals surface area contributed by atoms with Gasteiger partial charge >= 0.3 is 0 Å². The number of hydrogen-bond acceptors (Lipinski definition) is 9. The second-order valence-electron chi connectivity index (χ2n) is 6.40. The highest BCUT2D eigenvalue weighted by Gasteiger charge is 2.16. The molecule has 0 aliphatic rings. The minimum Gasteiger partial charge on any atom is -0.461 e. The van der Waals surface area contributed by atoms with E-state index in [1.807, 2.05) is 6.26 Å². The number of rotatable bonds is 9. The van der Waals surface area contributed by atoms with Crippen molar-refractivity contribution >= 4 is 34.5 Å². The lowest BCUT2D eigenvalue weighted by atomic mass is 10.3. The molecule has 4 aromatic heterocycles. The van der Waals surface area contributed by atoms with Gasteiger partial charge < -0.3 is 19.6 Å². The summed E-state index contributed by atoms with van der Waals surface area (Å²) in [6, 6.07) is 5.02. The first-order valence-electron chi connectivity index (χ1n) is 9.49. The van der Waals surface area contributed by atoms with Crippen molar-refractivity contribution < 1.29 is 13.7 Å². The van der Waals surface area contributed by atoms with Gasteiger partial charge in [-0.15, -0.1) is 0 Å². The third-order valence-corrected chi connectivity index (χ3v) is 4.86. The fourth-order valence-electron chi connectivity index (χ4n) is 2.85. The van der Waals surface area contributed by atoms with Crippen LogP contribution < -0.4 is 10.6 Å². The molecular formula is C19H21N7O3S. The number of anilines is 1. The highest BCUT2D eigenvalue weighted by Crippen LogP contribution is 2.23. The zero-order valence-corrected chi connectivity index (χ0v) is 17.4. The van der Waals surface area contributed by atoms with Crippen molar-refractivity contribution in [3.05, 3.63) is 36.4 Å². The van der Waals surface area contributed by atoms with Crippen LogP contribution in [0.4, 0.5) is 5.82 Å². The molecule has 0 aliphatic carbocycles. The minimum absolute atomic E-state index is 0.185. The third-order valence-electron chi connectivity index (χ3n) is 4.32. The smallest absolute Gasteiger partial charge is 0.273 e. The maximum absolute atomic E-state index is 12.4. The van der Waals surface area contributed by atoms with Gasteiger partial charge in [0.25, 0.3) is 5.91 Å². The molecular weight excluding hydrogens is 406 g/mol. The lowest BCUT2D eigenvalue weighted by Crippen LogP contribution is -2.27. The Balaban J connectivity index is 1.43. The SMILES string of the molecule is CCCNc1nc(SC)nc2c1cnn2CCNC(=O)c1cc(-c2ccco2)on1. The third kappa shape index (κ3) is 4.15. The second kappa shape index (κ2) is 8.99. The summed E-state index contributed by atoms with van der Waals surface area (Å²) >= 11 is 1.47. The largest absolute Gasteiger partial charge is 0.461 e. The Labute approximate surface area is 176 Å². The van der Waals surface area contributed by atoms with Crippen LogP contribution in [0, 0.1) is 0 Å².